The van der Waals surface area contributed by atoms with Crippen molar-refractivity contribution in [2.75, 3.05) is 13.2 Å². The predicted molar refractivity (Wildman–Crippen MR) is 334 cm³/mol. The van der Waals surface area contributed by atoms with E-state index in [9.17, 15) is 14.4 Å². The van der Waals surface area contributed by atoms with Gasteiger partial charge in [0.15, 0.2) is 6.10 Å². The van der Waals surface area contributed by atoms with Gasteiger partial charge >= 0.3 is 17.9 Å². The molecule has 0 heterocycles. The number of hydrogen-bond acceptors (Lipinski definition) is 6. The highest BCUT2D eigenvalue weighted by atomic mass is 16.6. The Labute approximate surface area is 476 Å². The van der Waals surface area contributed by atoms with Gasteiger partial charge in [-0.3, -0.25) is 14.4 Å². The predicted octanol–water partition coefficient (Wildman–Crippen LogP) is 22.2. The van der Waals surface area contributed by atoms with Crippen LogP contribution < -0.4 is 0 Å². The molecule has 6 heteroatoms. The van der Waals surface area contributed by atoms with Gasteiger partial charge in [0.2, 0.25) is 0 Å². The van der Waals surface area contributed by atoms with E-state index in [4.69, 9.17) is 14.2 Å². The Morgan fingerprint density at radius 3 is 0.805 bits per heavy atom. The topological polar surface area (TPSA) is 78.9 Å². The largest absolute Gasteiger partial charge is 0.462 e. The normalized spacial score (nSPS) is 12.8. The summed E-state index contributed by atoms with van der Waals surface area (Å²) in [7, 11) is 0. The molecule has 0 fully saturated rings. The second kappa shape index (κ2) is 64.6. The van der Waals surface area contributed by atoms with Crippen LogP contribution in [0.25, 0.3) is 0 Å². The van der Waals surface area contributed by atoms with Crippen molar-refractivity contribution >= 4 is 17.9 Å². The number of carbonyl (C=O) groups excluding carboxylic acids is 3. The van der Waals surface area contributed by atoms with Crippen LogP contribution in [-0.4, -0.2) is 37.2 Å². The lowest BCUT2D eigenvalue weighted by Crippen LogP contribution is -2.30. The highest BCUT2D eigenvalue weighted by Crippen LogP contribution is 2.16. The Balaban J connectivity index is 4.10. The number of esters is 3. The fourth-order valence-electron chi connectivity index (χ4n) is 8.92. The van der Waals surface area contributed by atoms with Crippen LogP contribution in [0.4, 0.5) is 0 Å². The molecule has 0 saturated carbocycles. The Kier molecular flexibility index (Phi) is 61.3. The van der Waals surface area contributed by atoms with E-state index in [1.165, 1.54) is 135 Å². The molecular weight excluding hydrogens is 949 g/mol. The third-order valence-electron chi connectivity index (χ3n) is 13.8. The van der Waals surface area contributed by atoms with Crippen LogP contribution in [0.2, 0.25) is 0 Å². The molecule has 0 aromatic carbocycles. The number of carbonyl (C=O) groups is 3. The van der Waals surface area contributed by atoms with E-state index in [-0.39, 0.29) is 31.1 Å². The van der Waals surface area contributed by atoms with Crippen molar-refractivity contribution in [1.82, 2.24) is 0 Å². The first-order valence-electron chi connectivity index (χ1n) is 32.4. The van der Waals surface area contributed by atoms with Gasteiger partial charge in [-0.2, -0.15) is 0 Å². The molecule has 0 aromatic rings. The Morgan fingerprint density at radius 2 is 0.506 bits per heavy atom. The third kappa shape index (κ3) is 62.8. The first-order valence-corrected chi connectivity index (χ1v) is 32.4. The summed E-state index contributed by atoms with van der Waals surface area (Å²) >= 11 is 0. The van der Waals surface area contributed by atoms with Gasteiger partial charge in [-0.25, -0.2) is 0 Å². The quantitative estimate of drug-likeness (QED) is 0.0261. The van der Waals surface area contributed by atoms with E-state index in [0.29, 0.717) is 19.3 Å². The van der Waals surface area contributed by atoms with Crippen molar-refractivity contribution in [3.63, 3.8) is 0 Å². The van der Waals surface area contributed by atoms with Crippen molar-refractivity contribution in [2.24, 2.45) is 0 Å². The van der Waals surface area contributed by atoms with Crippen molar-refractivity contribution < 1.29 is 28.6 Å². The highest BCUT2D eigenvalue weighted by Gasteiger charge is 2.19. The van der Waals surface area contributed by atoms with Crippen LogP contribution in [0.5, 0.6) is 0 Å². The van der Waals surface area contributed by atoms with Gasteiger partial charge in [0.25, 0.3) is 0 Å². The molecule has 0 aliphatic carbocycles. The van der Waals surface area contributed by atoms with Gasteiger partial charge in [-0.15, -0.1) is 0 Å². The fourth-order valence-corrected chi connectivity index (χ4v) is 8.92. The van der Waals surface area contributed by atoms with Crippen LogP contribution in [0, 0.1) is 0 Å². The lowest BCUT2D eigenvalue weighted by Gasteiger charge is -2.18. The molecule has 0 radical (unpaired) electrons. The molecule has 0 rings (SSSR count). The van der Waals surface area contributed by atoms with E-state index >= 15 is 0 Å². The molecule has 0 aliphatic rings. The lowest BCUT2D eigenvalue weighted by atomic mass is 10.0. The van der Waals surface area contributed by atoms with E-state index in [2.05, 4.69) is 130 Å². The maximum atomic E-state index is 12.8. The monoisotopic (exact) mass is 1070 g/mol. The number of hydrogen-bond donors (Lipinski definition) is 0. The summed E-state index contributed by atoms with van der Waals surface area (Å²) in [5.74, 6) is -0.907. The third-order valence-corrected chi connectivity index (χ3v) is 13.8. The summed E-state index contributed by atoms with van der Waals surface area (Å²) in [6, 6.07) is 0. The average Bonchev–Trinajstić information content (AvgIpc) is 3.43. The van der Waals surface area contributed by atoms with Gasteiger partial charge in [0.1, 0.15) is 13.2 Å². The minimum atomic E-state index is -0.782. The number of ether oxygens (including phenoxy) is 3. The summed E-state index contributed by atoms with van der Waals surface area (Å²) in [5.41, 5.74) is 0. The van der Waals surface area contributed by atoms with Crippen molar-refractivity contribution in [3.8, 4) is 0 Å². The zero-order valence-corrected chi connectivity index (χ0v) is 50.4. The number of unbranched alkanes of at least 4 members (excludes halogenated alkanes) is 29. The molecular formula is C71H120O6. The highest BCUT2D eigenvalue weighted by molar-refractivity contribution is 5.71. The van der Waals surface area contributed by atoms with Crippen LogP contribution >= 0.6 is 0 Å². The first kappa shape index (κ1) is 73.1. The van der Waals surface area contributed by atoms with E-state index in [1.54, 1.807) is 0 Å². The lowest BCUT2D eigenvalue weighted by molar-refractivity contribution is -0.167. The molecule has 0 aliphatic heterocycles. The Hall–Kier alpha value is -3.93. The van der Waals surface area contributed by atoms with Gasteiger partial charge < -0.3 is 14.2 Å². The zero-order chi connectivity index (χ0) is 55.7. The first-order chi connectivity index (χ1) is 38.0. The molecule has 6 nitrogen and oxygen atoms in total. The van der Waals surface area contributed by atoms with E-state index in [0.717, 1.165) is 128 Å². The van der Waals surface area contributed by atoms with Gasteiger partial charge in [0, 0.05) is 19.3 Å². The molecule has 0 N–H and O–H groups in total. The van der Waals surface area contributed by atoms with E-state index < -0.39 is 6.10 Å². The molecule has 0 amide bonds. The van der Waals surface area contributed by atoms with Crippen molar-refractivity contribution in [3.05, 3.63) is 109 Å². The van der Waals surface area contributed by atoms with Crippen molar-refractivity contribution in [1.29, 1.82) is 0 Å². The minimum absolute atomic E-state index is 0.0831. The second-order valence-corrected chi connectivity index (χ2v) is 21.3. The van der Waals surface area contributed by atoms with Crippen molar-refractivity contribution in [2.45, 2.75) is 309 Å². The standard InChI is InChI=1S/C71H120O6/c1-4-7-10-13-15-17-19-21-23-25-27-29-31-32-33-34-35-36-37-38-40-41-43-45-47-49-51-53-55-58-61-64-70(73)76-67-68(66-75-69(72)63-60-57-12-9-6-3)77-71(74)65-62-59-56-54-52-50-48-46-44-42-39-30-28-26-24-22-20-18-16-14-11-8-5-2/h7,10,15,17,21,23,26-29,32-33,35-36,38,40,43,45,68H,4-6,8-9,11-14,16,18-20,22,24-25,30-31,34,37,39,41-42,44,46-67H2,1-3H3/b10-7-,17-15-,23-21-,28-26-,29-27-,33-32-,36-35-,40-38-,45-43-. The summed E-state index contributed by atoms with van der Waals surface area (Å²) in [6.45, 7) is 6.45. The fraction of sp³-hybridized carbons (Fsp3) is 0.704. The van der Waals surface area contributed by atoms with Crippen LogP contribution in [0.3, 0.4) is 0 Å². The minimum Gasteiger partial charge on any atom is -0.462 e. The number of rotatable bonds is 58. The van der Waals surface area contributed by atoms with Gasteiger partial charge in [-0.05, 0) is 109 Å². The summed E-state index contributed by atoms with van der Waals surface area (Å²) < 4.78 is 16.8. The summed E-state index contributed by atoms with van der Waals surface area (Å²) in [4.78, 5) is 37.9. The van der Waals surface area contributed by atoms with Crippen LogP contribution in [0.1, 0.15) is 303 Å². The summed E-state index contributed by atoms with van der Waals surface area (Å²) in [5, 5.41) is 0. The second-order valence-electron chi connectivity index (χ2n) is 21.3. The SMILES string of the molecule is CC/C=C\C/C=C\C/C=C\C/C=C\C/C=C\C/C=C\C/C=C\C/C=C\CCCCCCCCC(=O)OCC(COC(=O)CCCCCCC)OC(=O)CCCCCCCCCCCCC/C=C\CCCCCCCCCC. The summed E-state index contributed by atoms with van der Waals surface area (Å²) in [6.07, 6.45) is 88.6. The average molecular weight is 1070 g/mol. The van der Waals surface area contributed by atoms with Crippen LogP contribution in [-0.2, 0) is 28.6 Å². The molecule has 0 aromatic heterocycles. The van der Waals surface area contributed by atoms with Crippen LogP contribution in [0.15, 0.2) is 109 Å². The Bertz CT molecular complexity index is 1560. The Morgan fingerprint density at radius 1 is 0.273 bits per heavy atom. The molecule has 0 bridgehead atoms. The zero-order valence-electron chi connectivity index (χ0n) is 50.4. The smallest absolute Gasteiger partial charge is 0.306 e. The molecule has 440 valence electrons. The van der Waals surface area contributed by atoms with E-state index in [1.807, 2.05) is 0 Å². The molecule has 1 unspecified atom stereocenters. The molecule has 1 atom stereocenters. The van der Waals surface area contributed by atoms with Gasteiger partial charge in [-0.1, -0.05) is 284 Å². The molecule has 0 saturated heterocycles. The van der Waals surface area contributed by atoms with Gasteiger partial charge in [0.05, 0.1) is 0 Å². The molecule has 0 spiro atoms. The number of allylic oxidation sites excluding steroid dienone is 18. The molecule has 77 heavy (non-hydrogen) atoms. The maximum Gasteiger partial charge on any atom is 0.306 e. The maximum absolute atomic E-state index is 12.8.